The Kier molecular flexibility index (Phi) is 10.3. The van der Waals surface area contributed by atoms with Gasteiger partial charge in [-0.2, -0.15) is 0 Å². The number of H-pyrrole nitrogens is 2. The van der Waals surface area contributed by atoms with E-state index in [9.17, 15) is 19.2 Å². The fourth-order valence-corrected chi connectivity index (χ4v) is 9.69. The molecule has 4 aromatic heterocycles. The molecular formula is C39H44N2O7S2. The fourth-order valence-electron chi connectivity index (χ4n) is 8.02. The van der Waals surface area contributed by atoms with Crippen molar-refractivity contribution in [2.45, 2.75) is 103 Å². The average molecular weight is 717 g/mol. The molecule has 3 aliphatic carbocycles. The zero-order valence-electron chi connectivity index (χ0n) is 28.8. The lowest BCUT2D eigenvalue weighted by Crippen LogP contribution is -2.21. The van der Waals surface area contributed by atoms with Crippen molar-refractivity contribution < 1.29 is 33.4 Å². The van der Waals surface area contributed by atoms with E-state index in [0.29, 0.717) is 46.8 Å². The van der Waals surface area contributed by atoms with Crippen molar-refractivity contribution in [3.05, 3.63) is 89.8 Å². The van der Waals surface area contributed by atoms with Gasteiger partial charge in [-0.1, -0.05) is 19.1 Å². The lowest BCUT2D eigenvalue weighted by molar-refractivity contribution is 0.0156. The summed E-state index contributed by atoms with van der Waals surface area (Å²) in [4.78, 5) is 59.2. The van der Waals surface area contributed by atoms with E-state index in [1.807, 2.05) is 36.7 Å². The van der Waals surface area contributed by atoms with Crippen LogP contribution in [-0.2, 0) is 27.1 Å². The van der Waals surface area contributed by atoms with Gasteiger partial charge < -0.3 is 24.2 Å². The Morgan fingerprint density at radius 3 is 1.86 bits per heavy atom. The highest BCUT2D eigenvalue weighted by Gasteiger charge is 2.35. The number of hydrogen-bond donors (Lipinski definition) is 2. The Morgan fingerprint density at radius 2 is 1.38 bits per heavy atom. The van der Waals surface area contributed by atoms with E-state index in [4.69, 9.17) is 14.2 Å². The molecule has 0 aromatic carbocycles. The molecule has 5 heterocycles. The number of ether oxygens (including phenoxy) is 3. The Balaban J connectivity index is 0.000000157. The van der Waals surface area contributed by atoms with E-state index < -0.39 is 5.97 Å². The number of aromatic nitrogens is 2. The lowest BCUT2D eigenvalue weighted by atomic mass is 9.84. The van der Waals surface area contributed by atoms with Crippen molar-refractivity contribution in [3.63, 3.8) is 0 Å². The lowest BCUT2D eigenvalue weighted by Gasteiger charge is -2.20. The molecule has 1 saturated heterocycles. The predicted octanol–water partition coefficient (Wildman–Crippen LogP) is 8.28. The topological polar surface area (TPSA) is 128 Å². The van der Waals surface area contributed by atoms with Gasteiger partial charge in [0.05, 0.1) is 6.10 Å². The highest BCUT2D eigenvalue weighted by molar-refractivity contribution is 7.10. The Hall–Kier alpha value is -3.80. The smallest absolute Gasteiger partial charge is 0.355 e. The maximum atomic E-state index is 12.7. The summed E-state index contributed by atoms with van der Waals surface area (Å²) >= 11 is 3.36. The summed E-state index contributed by atoms with van der Waals surface area (Å²) in [6.07, 6.45) is 7.63. The Bertz CT molecular complexity index is 1860. The molecule has 4 aliphatic rings. The number of esters is 2. The molecule has 4 aromatic rings. The van der Waals surface area contributed by atoms with E-state index in [1.165, 1.54) is 9.75 Å². The minimum atomic E-state index is -0.400. The van der Waals surface area contributed by atoms with Crippen molar-refractivity contribution in [1.29, 1.82) is 0 Å². The number of carbonyl (C=O) groups is 4. The molecule has 0 amide bonds. The molecule has 11 heteroatoms. The third-order valence-corrected chi connectivity index (χ3v) is 12.8. The molecule has 1 saturated carbocycles. The summed E-state index contributed by atoms with van der Waals surface area (Å²) < 4.78 is 16.6. The molecule has 0 radical (unpaired) electrons. The van der Waals surface area contributed by atoms with Gasteiger partial charge in [0.2, 0.25) is 0 Å². The highest BCUT2D eigenvalue weighted by Crippen LogP contribution is 2.38. The Labute approximate surface area is 300 Å². The standard InChI is InChI=1S/C20H23NO3S.C19H21NO4S/c1-11-5-3-6-16(11)24-20(23)19-12(2)18-14(21-19)9-13(10-15(18)22)17-7-4-8-25-17;1-11-17-14(8-12(9-15(17)21)16-5-3-7-25-16)20-18(11)19(22)24-10-13-4-2-6-23-13/h4,7-8,11,13,16,21H,3,5-6,9-10H2,1-2H3;3,5,7,12-13,20H,2,4,6,8-10H2,1H3. The van der Waals surface area contributed by atoms with Gasteiger partial charge in [-0.25, -0.2) is 9.59 Å². The van der Waals surface area contributed by atoms with Crippen LogP contribution < -0.4 is 0 Å². The second-order valence-electron chi connectivity index (χ2n) is 14.1. The van der Waals surface area contributed by atoms with Crippen LogP contribution in [0.3, 0.4) is 0 Å². The molecule has 8 rings (SSSR count). The number of fused-ring (bicyclic) bond motifs is 2. The molecule has 1 aliphatic heterocycles. The number of ketones is 2. The van der Waals surface area contributed by atoms with Gasteiger partial charge in [-0.3, -0.25) is 9.59 Å². The Morgan fingerprint density at radius 1 is 0.800 bits per heavy atom. The van der Waals surface area contributed by atoms with Gasteiger partial charge in [0.25, 0.3) is 0 Å². The van der Waals surface area contributed by atoms with Crippen LogP contribution >= 0.6 is 22.7 Å². The molecule has 9 nitrogen and oxygen atoms in total. The minimum Gasteiger partial charge on any atom is -0.458 e. The third-order valence-electron chi connectivity index (χ3n) is 10.7. The van der Waals surface area contributed by atoms with E-state index in [-0.39, 0.29) is 48.2 Å². The third kappa shape index (κ3) is 7.05. The van der Waals surface area contributed by atoms with Crippen LogP contribution in [0.1, 0.15) is 138 Å². The molecule has 0 spiro atoms. The van der Waals surface area contributed by atoms with Gasteiger partial charge in [-0.15, -0.1) is 22.7 Å². The van der Waals surface area contributed by atoms with Crippen molar-refractivity contribution in [2.75, 3.05) is 13.2 Å². The van der Waals surface area contributed by atoms with Gasteiger partial charge in [0.15, 0.2) is 11.6 Å². The van der Waals surface area contributed by atoms with E-state index in [1.54, 1.807) is 22.7 Å². The summed E-state index contributed by atoms with van der Waals surface area (Å²) in [6.45, 7) is 6.81. The molecule has 50 heavy (non-hydrogen) atoms. The van der Waals surface area contributed by atoms with E-state index in [0.717, 1.165) is 68.5 Å². The van der Waals surface area contributed by atoms with Gasteiger partial charge in [0.1, 0.15) is 24.1 Å². The molecule has 5 atom stereocenters. The van der Waals surface area contributed by atoms with Crippen LogP contribution in [0, 0.1) is 19.8 Å². The number of rotatable bonds is 7. The predicted molar refractivity (Wildman–Crippen MR) is 192 cm³/mol. The van der Waals surface area contributed by atoms with Gasteiger partial charge >= 0.3 is 11.9 Å². The minimum absolute atomic E-state index is 0.00122. The number of nitrogens with one attached hydrogen (secondary N) is 2. The fraction of sp³-hybridized carbons (Fsp3) is 0.487. The zero-order valence-corrected chi connectivity index (χ0v) is 30.4. The number of aromatic amines is 2. The first-order valence-electron chi connectivity index (χ1n) is 17.7. The van der Waals surface area contributed by atoms with Crippen LogP contribution in [0.2, 0.25) is 0 Å². The maximum Gasteiger partial charge on any atom is 0.355 e. The maximum absolute atomic E-state index is 12.7. The van der Waals surface area contributed by atoms with Crippen LogP contribution in [0.4, 0.5) is 0 Å². The molecular weight excluding hydrogens is 673 g/mol. The second-order valence-corrected chi connectivity index (χ2v) is 16.1. The van der Waals surface area contributed by atoms with Crippen molar-refractivity contribution in [3.8, 4) is 0 Å². The molecule has 0 bridgehead atoms. The monoisotopic (exact) mass is 716 g/mol. The van der Waals surface area contributed by atoms with Crippen molar-refractivity contribution in [1.82, 2.24) is 9.97 Å². The van der Waals surface area contributed by atoms with Crippen LogP contribution in [0.5, 0.6) is 0 Å². The van der Waals surface area contributed by atoms with Crippen LogP contribution in [0.15, 0.2) is 35.0 Å². The number of thiophene rings is 2. The quantitative estimate of drug-likeness (QED) is 0.184. The van der Waals surface area contributed by atoms with Crippen molar-refractivity contribution >= 4 is 46.2 Å². The molecule has 2 N–H and O–H groups in total. The summed E-state index contributed by atoms with van der Waals surface area (Å²) in [5, 5.41) is 4.07. The summed E-state index contributed by atoms with van der Waals surface area (Å²) in [6, 6.07) is 8.18. The first-order chi connectivity index (χ1) is 24.2. The largest absolute Gasteiger partial charge is 0.458 e. The van der Waals surface area contributed by atoms with E-state index in [2.05, 4.69) is 29.0 Å². The van der Waals surface area contributed by atoms with E-state index >= 15 is 0 Å². The average Bonchev–Trinajstić information content (AvgIpc) is 3.94. The van der Waals surface area contributed by atoms with Gasteiger partial charge in [-0.05, 0) is 98.7 Å². The SMILES string of the molecule is Cc1c(C(=O)OC2CCCC2C)[nH]c2c1C(=O)CC(c1cccs1)C2.Cc1c(C(=O)OCC2CCCO2)[nH]c2c1C(=O)CC(c1cccs1)C2. The first-order valence-corrected chi connectivity index (χ1v) is 19.5. The summed E-state index contributed by atoms with van der Waals surface area (Å²) in [5.74, 6) is 0.325. The second kappa shape index (κ2) is 14.8. The first kappa shape index (κ1) is 34.6. The number of hydrogen-bond acceptors (Lipinski definition) is 9. The van der Waals surface area contributed by atoms with Crippen LogP contribution in [-0.4, -0.2) is 58.9 Å². The molecule has 5 unspecified atom stereocenters. The zero-order chi connectivity index (χ0) is 34.9. The summed E-state index contributed by atoms with van der Waals surface area (Å²) in [5.41, 5.74) is 5.46. The van der Waals surface area contributed by atoms with Gasteiger partial charge in [0, 0.05) is 63.6 Å². The van der Waals surface area contributed by atoms with Crippen LogP contribution in [0.25, 0.3) is 0 Å². The normalized spacial score (nSPS) is 24.3. The molecule has 264 valence electrons. The number of carbonyl (C=O) groups excluding carboxylic acids is 4. The number of Topliss-reactive ketones (excluding diaryl/α,β-unsaturated/α-hetero) is 2. The molecule has 2 fully saturated rings. The summed E-state index contributed by atoms with van der Waals surface area (Å²) in [7, 11) is 0. The highest BCUT2D eigenvalue weighted by atomic mass is 32.1. The van der Waals surface area contributed by atoms with Crippen molar-refractivity contribution in [2.24, 2.45) is 5.92 Å².